The third-order valence-electron chi connectivity index (χ3n) is 3.84. The predicted octanol–water partition coefficient (Wildman–Crippen LogP) is 5.12. The maximum absolute atomic E-state index is 6.02. The summed E-state index contributed by atoms with van der Waals surface area (Å²) in [6, 6.07) is 14.8. The third kappa shape index (κ3) is 2.51. The van der Waals surface area contributed by atoms with Crippen LogP contribution in [0, 0.1) is 0 Å². The fourth-order valence-corrected chi connectivity index (χ4v) is 2.77. The second kappa shape index (κ2) is 5.48. The molecule has 0 aliphatic carbocycles. The number of benzene rings is 2. The molecule has 0 atom stereocenters. The first kappa shape index (κ1) is 12.3. The molecule has 1 nitrogen and oxygen atoms in total. The van der Waals surface area contributed by atoms with Crippen molar-refractivity contribution in [3.63, 3.8) is 0 Å². The lowest BCUT2D eigenvalue weighted by Gasteiger charge is -2.22. The lowest BCUT2D eigenvalue weighted by atomic mass is 9.93. The Morgan fingerprint density at radius 1 is 0.947 bits per heavy atom. The summed E-state index contributed by atoms with van der Waals surface area (Å²) in [4.78, 5) is 0. The first-order valence-electron chi connectivity index (χ1n) is 7.25. The predicted molar refractivity (Wildman–Crippen MR) is 79.0 cm³/mol. The van der Waals surface area contributed by atoms with Gasteiger partial charge >= 0.3 is 0 Å². The van der Waals surface area contributed by atoms with Crippen LogP contribution >= 0.6 is 0 Å². The van der Waals surface area contributed by atoms with Crippen molar-refractivity contribution in [2.45, 2.75) is 39.0 Å². The molecule has 3 rings (SSSR count). The zero-order valence-electron chi connectivity index (χ0n) is 11.5. The van der Waals surface area contributed by atoms with Crippen LogP contribution in [0.25, 0.3) is 0 Å². The van der Waals surface area contributed by atoms with E-state index in [1.54, 1.807) is 0 Å². The molecule has 1 heteroatoms. The van der Waals surface area contributed by atoms with Crippen LogP contribution in [0.3, 0.4) is 0 Å². The number of para-hydroxylation sites is 1. The average Bonchev–Trinajstić information content (AvgIpc) is 2.46. The number of ether oxygens (including phenoxy) is 1. The van der Waals surface area contributed by atoms with Crippen LogP contribution in [0.5, 0.6) is 11.5 Å². The third-order valence-corrected chi connectivity index (χ3v) is 3.84. The molecule has 0 saturated heterocycles. The SMILES string of the molecule is CCCCCc1cccc2c1Cc1ccccc1O2. The molecule has 0 amide bonds. The number of aryl methyl sites for hydroxylation is 1. The first-order valence-corrected chi connectivity index (χ1v) is 7.25. The average molecular weight is 252 g/mol. The van der Waals surface area contributed by atoms with E-state index in [9.17, 15) is 0 Å². The van der Waals surface area contributed by atoms with E-state index in [0.29, 0.717) is 0 Å². The topological polar surface area (TPSA) is 9.23 Å². The number of hydrogen-bond acceptors (Lipinski definition) is 1. The van der Waals surface area contributed by atoms with E-state index >= 15 is 0 Å². The molecule has 2 aromatic rings. The summed E-state index contributed by atoms with van der Waals surface area (Å²) in [7, 11) is 0. The second-order valence-electron chi connectivity index (χ2n) is 5.24. The molecular weight excluding hydrogens is 232 g/mol. The van der Waals surface area contributed by atoms with Gasteiger partial charge in [-0.3, -0.25) is 0 Å². The zero-order chi connectivity index (χ0) is 13.1. The molecule has 1 aliphatic rings. The van der Waals surface area contributed by atoms with Gasteiger partial charge < -0.3 is 4.74 Å². The van der Waals surface area contributed by atoms with Crippen molar-refractivity contribution in [3.05, 3.63) is 59.2 Å². The molecule has 0 aromatic heterocycles. The van der Waals surface area contributed by atoms with E-state index in [1.807, 2.05) is 6.07 Å². The molecule has 0 bridgehead atoms. The second-order valence-corrected chi connectivity index (χ2v) is 5.24. The van der Waals surface area contributed by atoms with Crippen LogP contribution in [0.1, 0.15) is 42.9 Å². The van der Waals surface area contributed by atoms with Crippen LogP contribution < -0.4 is 4.74 Å². The number of hydrogen-bond donors (Lipinski definition) is 0. The molecule has 0 spiro atoms. The maximum Gasteiger partial charge on any atom is 0.131 e. The quantitative estimate of drug-likeness (QED) is 0.586. The molecule has 0 fully saturated rings. The molecule has 0 radical (unpaired) electrons. The summed E-state index contributed by atoms with van der Waals surface area (Å²) in [5, 5.41) is 0. The highest BCUT2D eigenvalue weighted by atomic mass is 16.5. The van der Waals surface area contributed by atoms with Gasteiger partial charge in [0.05, 0.1) is 0 Å². The number of rotatable bonds is 4. The van der Waals surface area contributed by atoms with Crippen LogP contribution in [0.15, 0.2) is 42.5 Å². The number of fused-ring (bicyclic) bond motifs is 2. The lowest BCUT2D eigenvalue weighted by molar-refractivity contribution is 0.458. The van der Waals surface area contributed by atoms with Crippen molar-refractivity contribution in [3.8, 4) is 11.5 Å². The molecular formula is C18H20O. The van der Waals surface area contributed by atoms with Crippen molar-refractivity contribution in [1.82, 2.24) is 0 Å². The summed E-state index contributed by atoms with van der Waals surface area (Å²) in [5.41, 5.74) is 4.15. The van der Waals surface area contributed by atoms with Gasteiger partial charge in [-0.2, -0.15) is 0 Å². The van der Waals surface area contributed by atoms with Crippen LogP contribution in [0.2, 0.25) is 0 Å². The molecule has 19 heavy (non-hydrogen) atoms. The van der Waals surface area contributed by atoms with Gasteiger partial charge in [-0.25, -0.2) is 0 Å². The summed E-state index contributed by atoms with van der Waals surface area (Å²) in [6.07, 6.45) is 6.03. The molecule has 1 heterocycles. The zero-order valence-corrected chi connectivity index (χ0v) is 11.5. The Morgan fingerprint density at radius 2 is 1.79 bits per heavy atom. The van der Waals surface area contributed by atoms with Gasteiger partial charge in [0, 0.05) is 12.0 Å². The Bertz CT molecular complexity index is 572. The van der Waals surface area contributed by atoms with Gasteiger partial charge in [-0.15, -0.1) is 0 Å². The van der Waals surface area contributed by atoms with Gasteiger partial charge in [0.25, 0.3) is 0 Å². The lowest BCUT2D eigenvalue weighted by Crippen LogP contribution is -2.06. The summed E-state index contributed by atoms with van der Waals surface area (Å²) >= 11 is 0. The summed E-state index contributed by atoms with van der Waals surface area (Å²) in [5.74, 6) is 2.06. The van der Waals surface area contributed by atoms with Crippen molar-refractivity contribution >= 4 is 0 Å². The smallest absolute Gasteiger partial charge is 0.131 e. The molecule has 2 aromatic carbocycles. The summed E-state index contributed by atoms with van der Waals surface area (Å²) < 4.78 is 6.02. The van der Waals surface area contributed by atoms with Gasteiger partial charge in [0.15, 0.2) is 0 Å². The van der Waals surface area contributed by atoms with E-state index < -0.39 is 0 Å². The fraction of sp³-hybridized carbons (Fsp3) is 0.333. The van der Waals surface area contributed by atoms with Crippen molar-refractivity contribution < 1.29 is 4.74 Å². The van der Waals surface area contributed by atoms with E-state index in [4.69, 9.17) is 4.74 Å². The van der Waals surface area contributed by atoms with Gasteiger partial charge in [0.1, 0.15) is 11.5 Å². The van der Waals surface area contributed by atoms with Gasteiger partial charge in [0.2, 0.25) is 0 Å². The molecule has 1 aliphatic heterocycles. The van der Waals surface area contributed by atoms with E-state index in [-0.39, 0.29) is 0 Å². The molecule has 98 valence electrons. The largest absolute Gasteiger partial charge is 0.457 e. The minimum Gasteiger partial charge on any atom is -0.457 e. The molecule has 0 N–H and O–H groups in total. The van der Waals surface area contributed by atoms with Crippen molar-refractivity contribution in [1.29, 1.82) is 0 Å². The van der Waals surface area contributed by atoms with Crippen LogP contribution in [0.4, 0.5) is 0 Å². The van der Waals surface area contributed by atoms with E-state index in [2.05, 4.69) is 43.3 Å². The van der Waals surface area contributed by atoms with Crippen molar-refractivity contribution in [2.24, 2.45) is 0 Å². The Kier molecular flexibility index (Phi) is 3.54. The van der Waals surface area contributed by atoms with Crippen molar-refractivity contribution in [2.75, 3.05) is 0 Å². The van der Waals surface area contributed by atoms with Crippen LogP contribution in [-0.4, -0.2) is 0 Å². The minimum absolute atomic E-state index is 1.01. The van der Waals surface area contributed by atoms with Crippen LogP contribution in [-0.2, 0) is 12.8 Å². The fourth-order valence-electron chi connectivity index (χ4n) is 2.77. The normalized spacial score (nSPS) is 12.5. The monoisotopic (exact) mass is 252 g/mol. The summed E-state index contributed by atoms with van der Waals surface area (Å²) in [6.45, 7) is 2.25. The van der Waals surface area contributed by atoms with E-state index in [1.165, 1.54) is 42.4 Å². The Hall–Kier alpha value is -1.76. The highest BCUT2D eigenvalue weighted by Crippen LogP contribution is 2.38. The highest BCUT2D eigenvalue weighted by Gasteiger charge is 2.18. The van der Waals surface area contributed by atoms with E-state index in [0.717, 1.165) is 17.9 Å². The maximum atomic E-state index is 6.02. The van der Waals surface area contributed by atoms with Gasteiger partial charge in [-0.1, -0.05) is 50.1 Å². The highest BCUT2D eigenvalue weighted by molar-refractivity contribution is 5.52. The molecule has 0 saturated carbocycles. The Labute approximate surface area is 115 Å². The number of unbranched alkanes of at least 4 members (excludes halogenated alkanes) is 2. The standard InChI is InChI=1S/C18H20O/c1-2-3-4-8-14-10-7-12-18-16(14)13-15-9-5-6-11-17(15)19-18/h5-7,9-12H,2-4,8,13H2,1H3. The Balaban J connectivity index is 1.88. The van der Waals surface area contributed by atoms with Gasteiger partial charge in [-0.05, 0) is 36.1 Å². The first-order chi connectivity index (χ1) is 9.38. The molecule has 0 unspecified atom stereocenters. The minimum atomic E-state index is 1.01. The Morgan fingerprint density at radius 3 is 2.68 bits per heavy atom.